The van der Waals surface area contributed by atoms with Gasteiger partial charge in [0.2, 0.25) is 0 Å². The molecule has 0 N–H and O–H groups in total. The lowest BCUT2D eigenvalue weighted by molar-refractivity contribution is 0.0605. The Morgan fingerprint density at radius 2 is 0.529 bits per heavy atom. The molecule has 13 heteroatoms. The maximum absolute atomic E-state index is 6.54. The van der Waals surface area contributed by atoms with Gasteiger partial charge < -0.3 is 9.47 Å². The van der Waals surface area contributed by atoms with Crippen LogP contribution in [-0.2, 0) is 9.47 Å². The molecule has 0 bridgehead atoms. The van der Waals surface area contributed by atoms with Gasteiger partial charge in [-0.15, -0.1) is 113 Å². The predicted octanol–water partition coefficient (Wildman–Crippen LogP) is 26.1. The molecule has 2 aliphatic rings. The second-order valence-electron chi connectivity index (χ2n) is 25.2. The molecule has 0 saturated heterocycles. The predicted molar refractivity (Wildman–Crippen MR) is 466 cm³/mol. The highest BCUT2D eigenvalue weighted by atomic mass is 32.2. The van der Waals surface area contributed by atoms with Crippen molar-refractivity contribution in [2.75, 3.05) is 72.5 Å². The summed E-state index contributed by atoms with van der Waals surface area (Å²) < 4.78 is 13.1. The van der Waals surface area contributed by atoms with Crippen molar-refractivity contribution >= 4 is 129 Å². The monoisotopic (exact) mass is 1560 g/mol. The van der Waals surface area contributed by atoms with Crippen LogP contribution < -0.4 is 0 Å². The third-order valence-corrected chi connectivity index (χ3v) is 30.5. The van der Waals surface area contributed by atoms with Crippen LogP contribution in [0.5, 0.6) is 0 Å². The van der Waals surface area contributed by atoms with Crippen molar-refractivity contribution in [3.63, 3.8) is 0 Å². The molecule has 2 aromatic carbocycles. The highest BCUT2D eigenvalue weighted by Crippen LogP contribution is 2.56. The van der Waals surface area contributed by atoms with Gasteiger partial charge in [-0.25, -0.2) is 0 Å². The van der Waals surface area contributed by atoms with Gasteiger partial charge in [0, 0.05) is 76.9 Å². The number of unbranched alkanes of at least 4 members (excludes halogenated alkanes) is 20. The van der Waals surface area contributed by atoms with E-state index in [4.69, 9.17) is 28.7 Å². The average Bonchev–Trinajstić information content (AvgIpc) is 0.765. The number of hydrogen-bond acceptors (Lipinski definition) is 13. The van der Waals surface area contributed by atoms with Crippen molar-refractivity contribution in [1.29, 1.82) is 0 Å². The second-order valence-corrected chi connectivity index (χ2v) is 36.3. The maximum atomic E-state index is 6.54. The van der Waals surface area contributed by atoms with E-state index in [1.54, 1.807) is 35.3 Å². The van der Waals surface area contributed by atoms with Gasteiger partial charge >= 0.3 is 0 Å². The van der Waals surface area contributed by atoms with Gasteiger partial charge in [0.05, 0.1) is 26.4 Å². The number of terminal acetylenes is 3. The number of hydrogen-bond donors (Lipinski definition) is 0. The van der Waals surface area contributed by atoms with Crippen molar-refractivity contribution < 1.29 is 9.47 Å². The molecule has 0 heterocycles. The van der Waals surface area contributed by atoms with E-state index in [0.717, 1.165) is 51.9 Å². The van der Waals surface area contributed by atoms with Crippen LogP contribution in [-0.4, -0.2) is 72.5 Å². The van der Waals surface area contributed by atoms with Crippen LogP contribution >= 0.6 is 129 Å². The van der Waals surface area contributed by atoms with E-state index in [-0.39, 0.29) is 0 Å². The third-order valence-electron chi connectivity index (χ3n) is 17.0. The highest BCUT2D eigenvalue weighted by Gasteiger charge is 2.29. The van der Waals surface area contributed by atoms with E-state index in [1.807, 2.05) is 47.0 Å². The third kappa shape index (κ3) is 41.3. The van der Waals surface area contributed by atoms with Crippen LogP contribution in [0.2, 0.25) is 0 Å². The average molecular weight is 1570 g/mol. The summed E-state index contributed by atoms with van der Waals surface area (Å²) in [7, 11) is 0. The first-order valence-corrected chi connectivity index (χ1v) is 48.3. The Labute approximate surface area is 670 Å². The molecule has 2 saturated carbocycles. The molecule has 0 aliphatic heterocycles. The summed E-state index contributed by atoms with van der Waals surface area (Å²) in [5.41, 5.74) is 1.40. The largest absolute Gasteiger partial charge is 0.378 e. The number of rotatable bonds is 52. The van der Waals surface area contributed by atoms with Crippen LogP contribution in [0.15, 0.2) is 53.9 Å². The summed E-state index contributed by atoms with van der Waals surface area (Å²) in [4.78, 5) is 14.6. The molecule has 0 radical (unpaired) electrons. The number of benzene rings is 2. The Hall–Kier alpha value is -3.07. The molecular weight excluding hydrogens is 1450 g/mol. The van der Waals surface area contributed by atoms with Crippen molar-refractivity contribution in [3.05, 3.63) is 5.56 Å². The van der Waals surface area contributed by atoms with Crippen molar-refractivity contribution in [2.24, 2.45) is 11.8 Å². The van der Waals surface area contributed by atoms with Crippen molar-refractivity contribution in [3.8, 4) is 142 Å². The van der Waals surface area contributed by atoms with Gasteiger partial charge in [-0.1, -0.05) is 195 Å². The summed E-state index contributed by atoms with van der Waals surface area (Å²) in [5.74, 6) is 59.3. The fourth-order valence-electron chi connectivity index (χ4n) is 11.5. The molecule has 4 rings (SSSR count). The molecule has 0 amide bonds. The first-order valence-electron chi connectivity index (χ1n) is 38.0. The summed E-state index contributed by atoms with van der Waals surface area (Å²) in [6, 6.07) is 0. The molecule has 102 heavy (non-hydrogen) atoms. The zero-order chi connectivity index (χ0) is 72.7. The molecule has 0 atom stereocenters. The first-order chi connectivity index (χ1) is 50.5. The molecule has 0 spiro atoms. The highest BCUT2D eigenvalue weighted by molar-refractivity contribution is 8.09. The Kier molecular flexibility index (Phi) is 58.2. The van der Waals surface area contributed by atoms with E-state index < -0.39 is 0 Å². The molecule has 2 aliphatic carbocycles. The normalized spacial score (nSPS) is 12.3. The van der Waals surface area contributed by atoms with E-state index >= 15 is 0 Å². The van der Waals surface area contributed by atoms with Crippen LogP contribution in [0.25, 0.3) is 0 Å². The lowest BCUT2D eigenvalue weighted by atomic mass is 9.91. The molecule has 2 aromatic rings. The number of thioether (sulfide) groups is 11. The van der Waals surface area contributed by atoms with Gasteiger partial charge in [0.15, 0.2) is 0 Å². The molecule has 2 nitrogen and oxygen atoms in total. The van der Waals surface area contributed by atoms with Gasteiger partial charge in [-0.05, 0) is 256 Å². The van der Waals surface area contributed by atoms with Gasteiger partial charge in [-0.3, -0.25) is 0 Å². The van der Waals surface area contributed by atoms with Crippen LogP contribution in [0.4, 0.5) is 0 Å². The summed E-state index contributed by atoms with van der Waals surface area (Å²) in [6.07, 6.45) is 59.9. The van der Waals surface area contributed by atoms with Crippen molar-refractivity contribution in [2.45, 2.75) is 307 Å². The first kappa shape index (κ1) is 91.3. The lowest BCUT2D eigenvalue weighted by Crippen LogP contribution is -2.10. The summed E-state index contributed by atoms with van der Waals surface area (Å²) >= 11 is 21.0. The fraction of sp³-hybridized carbons (Fsp3) is 0.596. The quantitative estimate of drug-likeness (QED) is 0.0356. The van der Waals surface area contributed by atoms with Gasteiger partial charge in [0.1, 0.15) is 0 Å². The lowest BCUT2D eigenvalue weighted by Gasteiger charge is -2.26. The molecule has 2 fully saturated rings. The van der Waals surface area contributed by atoms with Crippen LogP contribution in [0, 0.1) is 160 Å². The maximum Gasteiger partial charge on any atom is 0.0700 e. The van der Waals surface area contributed by atoms with E-state index in [9.17, 15) is 0 Å². The van der Waals surface area contributed by atoms with E-state index in [1.165, 1.54) is 278 Å². The Balaban J connectivity index is 1.72. The zero-order valence-corrected chi connectivity index (χ0v) is 71.2. The number of ether oxygens (including phenoxy) is 2. The standard InChI is InChI=1S/C89H112O2S11/c1-9-16-23-30-37-50-65-92-79-76(8)80(101-74-77-57-46-44-47-58-77)82(93-66-51-38-31-24-17-10-2)83(94-67-52-39-32-25-18-11-3)81(79)99-72-63-90-61-62-91-64-73-100-86-84(95-68-53-40-33-26-19-12-4)87(97-70-55-42-35-28-21-14-6)89(102-75-78-59-48-45-49-60-78)88(98-71-56-43-36-29-22-15-7)85(86)96-69-54-41-34-27-20-13-5/h2,4-5,77-78H,9,11,14-16,18,21-23,25,28-30,32,35-37,39,42-50,52,55-65,67,70-75H2,1,3,6-8H3. The Bertz CT molecular complexity index is 3370. The van der Waals surface area contributed by atoms with Crippen LogP contribution in [0.1, 0.15) is 252 Å². The second kappa shape index (κ2) is 65.1. The fourth-order valence-corrected chi connectivity index (χ4v) is 25.7. The summed E-state index contributed by atoms with van der Waals surface area (Å²) in [6.45, 7) is 13.8. The van der Waals surface area contributed by atoms with Crippen molar-refractivity contribution in [1.82, 2.24) is 0 Å². The minimum absolute atomic E-state index is 0.505. The van der Waals surface area contributed by atoms with Gasteiger partial charge in [-0.2, -0.15) is 0 Å². The van der Waals surface area contributed by atoms with Gasteiger partial charge in [0.25, 0.3) is 0 Å². The summed E-state index contributed by atoms with van der Waals surface area (Å²) in [5, 5.41) is 10.3. The van der Waals surface area contributed by atoms with E-state index in [2.05, 4.69) is 204 Å². The molecular formula is C89H112O2S11. The minimum atomic E-state index is 0.505. The van der Waals surface area contributed by atoms with E-state index in [0.29, 0.717) is 32.3 Å². The topological polar surface area (TPSA) is 18.5 Å². The molecule has 0 aromatic heterocycles. The molecule has 0 unspecified atom stereocenters. The minimum Gasteiger partial charge on any atom is -0.378 e. The SMILES string of the molecule is C#CC#CC#CC#CSc1c(SCC2CCCCC2)c(C)c(SCCCCCCCC)c(SCCOCCOCCSc2c(SC#CC#CC#CC#C)c(SCCCCCCCC)c(SCC3CCCCC3)c(SCCCCCCCC)c2SC#CC#CC#CC#C)c1SCCCCCCCC. The Morgan fingerprint density at radius 1 is 0.275 bits per heavy atom. The smallest absolute Gasteiger partial charge is 0.0700 e. The van der Waals surface area contributed by atoms with Crippen LogP contribution in [0.3, 0.4) is 0 Å². The Morgan fingerprint density at radius 3 is 0.882 bits per heavy atom. The zero-order valence-electron chi connectivity index (χ0n) is 62.2. The molecule has 546 valence electrons.